The lowest BCUT2D eigenvalue weighted by Gasteiger charge is -2.16. The number of nitrogens with one attached hydrogen (secondary N) is 1. The van der Waals surface area contributed by atoms with Gasteiger partial charge in [-0.1, -0.05) is 18.2 Å². The molecule has 0 saturated carbocycles. The molecule has 0 aliphatic rings. The average molecular weight is 286 g/mol. The van der Waals surface area contributed by atoms with Gasteiger partial charge in [0.15, 0.2) is 0 Å². The average Bonchev–Trinajstić information content (AvgIpc) is 2.74. The number of nitrogens with zero attached hydrogens (tertiary/aromatic N) is 2. The molecule has 0 aliphatic carbocycles. The van der Waals surface area contributed by atoms with Gasteiger partial charge in [0.05, 0.1) is 5.69 Å². The van der Waals surface area contributed by atoms with E-state index in [4.69, 9.17) is 5.73 Å². The van der Waals surface area contributed by atoms with Crippen molar-refractivity contribution in [2.45, 2.75) is 40.3 Å². The molecule has 2 aromatic rings. The summed E-state index contributed by atoms with van der Waals surface area (Å²) < 4.78 is 1.77. The Balaban J connectivity index is 2.22. The van der Waals surface area contributed by atoms with E-state index in [9.17, 15) is 4.79 Å². The van der Waals surface area contributed by atoms with Gasteiger partial charge in [-0.25, -0.2) is 0 Å². The SMILES string of the molecule is Cc1nn(C(C)C(=O)Nc2ccccc2CN)c(C)c1C. The Hall–Kier alpha value is -2.14. The lowest BCUT2D eigenvalue weighted by molar-refractivity contribution is -0.119. The molecule has 1 unspecified atom stereocenters. The fraction of sp³-hybridized carbons (Fsp3) is 0.375. The number of hydrogen-bond acceptors (Lipinski definition) is 3. The summed E-state index contributed by atoms with van der Waals surface area (Å²) in [5.74, 6) is -0.0958. The predicted molar refractivity (Wildman–Crippen MR) is 84.1 cm³/mol. The lowest BCUT2D eigenvalue weighted by atomic mass is 10.1. The number of para-hydroxylation sites is 1. The Bertz CT molecular complexity index is 660. The van der Waals surface area contributed by atoms with Crippen LogP contribution in [0.1, 0.15) is 35.5 Å². The zero-order valence-corrected chi connectivity index (χ0v) is 13.0. The van der Waals surface area contributed by atoms with Crippen LogP contribution in [-0.4, -0.2) is 15.7 Å². The number of rotatable bonds is 4. The second-order valence-electron chi connectivity index (χ2n) is 5.27. The van der Waals surface area contributed by atoms with Gasteiger partial charge < -0.3 is 11.1 Å². The van der Waals surface area contributed by atoms with Crippen LogP contribution < -0.4 is 11.1 Å². The zero-order valence-electron chi connectivity index (χ0n) is 13.0. The molecule has 1 aromatic heterocycles. The highest BCUT2D eigenvalue weighted by molar-refractivity contribution is 5.94. The fourth-order valence-corrected chi connectivity index (χ4v) is 2.29. The molecule has 5 heteroatoms. The summed E-state index contributed by atoms with van der Waals surface area (Å²) in [6.07, 6.45) is 0. The van der Waals surface area contributed by atoms with Gasteiger partial charge in [-0.15, -0.1) is 0 Å². The molecular weight excluding hydrogens is 264 g/mol. The minimum absolute atomic E-state index is 0.0958. The molecule has 1 heterocycles. The van der Waals surface area contributed by atoms with Crippen LogP contribution in [0.15, 0.2) is 24.3 Å². The van der Waals surface area contributed by atoms with Crippen LogP contribution >= 0.6 is 0 Å². The number of amides is 1. The highest BCUT2D eigenvalue weighted by Crippen LogP contribution is 2.19. The monoisotopic (exact) mass is 286 g/mol. The number of aromatic nitrogens is 2. The molecule has 0 fully saturated rings. The molecular formula is C16H22N4O. The molecule has 3 N–H and O–H groups in total. The topological polar surface area (TPSA) is 72.9 Å². The number of nitrogens with two attached hydrogens (primary N) is 1. The summed E-state index contributed by atoms with van der Waals surface area (Å²) >= 11 is 0. The van der Waals surface area contributed by atoms with Crippen LogP contribution in [0.3, 0.4) is 0 Å². The van der Waals surface area contributed by atoms with Crippen molar-refractivity contribution in [3.05, 3.63) is 46.8 Å². The van der Waals surface area contributed by atoms with Crippen molar-refractivity contribution in [2.75, 3.05) is 5.32 Å². The number of aryl methyl sites for hydroxylation is 1. The second-order valence-corrected chi connectivity index (χ2v) is 5.27. The molecule has 0 bridgehead atoms. The number of carbonyl (C=O) groups excluding carboxylic acids is 1. The Labute approximate surface area is 125 Å². The first-order valence-electron chi connectivity index (χ1n) is 7.06. The van der Waals surface area contributed by atoms with Gasteiger partial charge in [0.25, 0.3) is 0 Å². The minimum Gasteiger partial charge on any atom is -0.326 e. The maximum atomic E-state index is 12.4. The van der Waals surface area contributed by atoms with Crippen LogP contribution in [0.5, 0.6) is 0 Å². The first kappa shape index (κ1) is 15.3. The number of benzene rings is 1. The molecule has 0 aliphatic heterocycles. The Morgan fingerprint density at radius 1 is 1.33 bits per heavy atom. The molecule has 112 valence electrons. The van der Waals surface area contributed by atoms with E-state index in [1.165, 1.54) is 0 Å². The fourth-order valence-electron chi connectivity index (χ4n) is 2.29. The van der Waals surface area contributed by atoms with E-state index in [0.29, 0.717) is 6.54 Å². The van der Waals surface area contributed by atoms with Gasteiger partial charge in [0, 0.05) is 17.9 Å². The minimum atomic E-state index is -0.372. The van der Waals surface area contributed by atoms with E-state index in [-0.39, 0.29) is 11.9 Å². The number of hydrogen-bond donors (Lipinski definition) is 2. The van der Waals surface area contributed by atoms with E-state index < -0.39 is 0 Å². The standard InChI is InChI=1S/C16H22N4O/c1-10-11(2)19-20(12(10)3)13(4)16(21)18-15-8-6-5-7-14(15)9-17/h5-8,13H,9,17H2,1-4H3,(H,18,21). The number of carbonyl (C=O) groups is 1. The van der Waals surface area contributed by atoms with Crippen molar-refractivity contribution in [3.63, 3.8) is 0 Å². The summed E-state index contributed by atoms with van der Waals surface area (Å²) in [6, 6.07) is 7.19. The van der Waals surface area contributed by atoms with Gasteiger partial charge in [0.1, 0.15) is 6.04 Å². The lowest BCUT2D eigenvalue weighted by Crippen LogP contribution is -2.26. The van der Waals surface area contributed by atoms with Crippen LogP contribution in [-0.2, 0) is 11.3 Å². The molecule has 1 amide bonds. The molecule has 0 spiro atoms. The summed E-state index contributed by atoms with van der Waals surface area (Å²) in [4.78, 5) is 12.4. The van der Waals surface area contributed by atoms with Crippen molar-refractivity contribution < 1.29 is 4.79 Å². The quantitative estimate of drug-likeness (QED) is 0.906. The van der Waals surface area contributed by atoms with Crippen molar-refractivity contribution in [2.24, 2.45) is 5.73 Å². The molecule has 5 nitrogen and oxygen atoms in total. The summed E-state index contributed by atoms with van der Waals surface area (Å²) in [6.45, 7) is 8.19. The van der Waals surface area contributed by atoms with Crippen molar-refractivity contribution >= 4 is 11.6 Å². The van der Waals surface area contributed by atoms with E-state index in [0.717, 1.165) is 28.2 Å². The number of anilines is 1. The van der Waals surface area contributed by atoms with Crippen molar-refractivity contribution in [1.82, 2.24) is 9.78 Å². The summed E-state index contributed by atoms with van der Waals surface area (Å²) in [7, 11) is 0. The van der Waals surface area contributed by atoms with Gasteiger partial charge in [-0.05, 0) is 44.9 Å². The molecule has 1 atom stereocenters. The zero-order chi connectivity index (χ0) is 15.6. The highest BCUT2D eigenvalue weighted by atomic mass is 16.2. The van der Waals surface area contributed by atoms with Crippen molar-refractivity contribution in [3.8, 4) is 0 Å². The van der Waals surface area contributed by atoms with Gasteiger partial charge in [-0.2, -0.15) is 5.10 Å². The predicted octanol–water partition coefficient (Wildman–Crippen LogP) is 2.47. The smallest absolute Gasteiger partial charge is 0.248 e. The Morgan fingerprint density at radius 2 is 2.00 bits per heavy atom. The second kappa shape index (κ2) is 6.10. The molecule has 21 heavy (non-hydrogen) atoms. The third-order valence-electron chi connectivity index (χ3n) is 3.93. The maximum Gasteiger partial charge on any atom is 0.248 e. The maximum absolute atomic E-state index is 12.4. The van der Waals surface area contributed by atoms with Crippen molar-refractivity contribution in [1.29, 1.82) is 0 Å². The molecule has 0 radical (unpaired) electrons. The third kappa shape index (κ3) is 2.97. The van der Waals surface area contributed by atoms with Gasteiger partial charge in [0.2, 0.25) is 5.91 Å². The molecule has 1 aromatic carbocycles. The highest BCUT2D eigenvalue weighted by Gasteiger charge is 2.20. The van der Waals surface area contributed by atoms with E-state index in [1.807, 2.05) is 52.0 Å². The summed E-state index contributed by atoms with van der Waals surface area (Å²) in [5.41, 5.74) is 10.5. The van der Waals surface area contributed by atoms with E-state index in [1.54, 1.807) is 4.68 Å². The first-order chi connectivity index (χ1) is 9.95. The van der Waals surface area contributed by atoms with E-state index >= 15 is 0 Å². The van der Waals surface area contributed by atoms with Crippen LogP contribution in [0.4, 0.5) is 5.69 Å². The molecule has 0 saturated heterocycles. The van der Waals surface area contributed by atoms with Gasteiger partial charge >= 0.3 is 0 Å². The van der Waals surface area contributed by atoms with E-state index in [2.05, 4.69) is 10.4 Å². The van der Waals surface area contributed by atoms with Crippen LogP contribution in [0.2, 0.25) is 0 Å². The normalized spacial score (nSPS) is 12.2. The van der Waals surface area contributed by atoms with Gasteiger partial charge in [-0.3, -0.25) is 9.48 Å². The largest absolute Gasteiger partial charge is 0.326 e. The van der Waals surface area contributed by atoms with Crippen LogP contribution in [0, 0.1) is 20.8 Å². The van der Waals surface area contributed by atoms with Crippen LogP contribution in [0.25, 0.3) is 0 Å². The Kier molecular flexibility index (Phi) is 4.43. The summed E-state index contributed by atoms with van der Waals surface area (Å²) in [5, 5.41) is 7.38. The first-order valence-corrected chi connectivity index (χ1v) is 7.06. The third-order valence-corrected chi connectivity index (χ3v) is 3.93. The Morgan fingerprint density at radius 3 is 2.57 bits per heavy atom. The molecule has 2 rings (SSSR count).